The van der Waals surface area contributed by atoms with Crippen molar-refractivity contribution in [3.63, 3.8) is 0 Å². The standard InChI is InChI=1S/C10H14O4/c1-6(11)13-9-5-4-8-7(12)2-3-10(9)14-8/h8-10H,2-5H2,1H3/t8-,9-,10-/m1/s1. The van der Waals surface area contributed by atoms with Crippen molar-refractivity contribution in [3.8, 4) is 0 Å². The van der Waals surface area contributed by atoms with E-state index in [-0.39, 0.29) is 30.1 Å². The van der Waals surface area contributed by atoms with Crippen LogP contribution in [-0.4, -0.2) is 30.1 Å². The maximum atomic E-state index is 11.3. The van der Waals surface area contributed by atoms with Crippen molar-refractivity contribution in [2.75, 3.05) is 0 Å². The Hall–Kier alpha value is -0.900. The van der Waals surface area contributed by atoms with Crippen molar-refractivity contribution in [3.05, 3.63) is 0 Å². The first-order chi connectivity index (χ1) is 6.66. The normalized spacial score (nSPS) is 36.6. The molecule has 0 aromatic heterocycles. The van der Waals surface area contributed by atoms with Crippen LogP contribution in [0, 0.1) is 0 Å². The number of hydrogen-bond donors (Lipinski definition) is 0. The Morgan fingerprint density at radius 3 is 2.93 bits per heavy atom. The van der Waals surface area contributed by atoms with Crippen LogP contribution >= 0.6 is 0 Å². The molecule has 0 aromatic carbocycles. The summed E-state index contributed by atoms with van der Waals surface area (Å²) in [6.45, 7) is 1.40. The molecule has 2 fully saturated rings. The molecule has 2 aliphatic heterocycles. The van der Waals surface area contributed by atoms with Crippen LogP contribution in [0.25, 0.3) is 0 Å². The van der Waals surface area contributed by atoms with Gasteiger partial charge in [0, 0.05) is 13.3 Å². The number of hydrogen-bond acceptors (Lipinski definition) is 4. The van der Waals surface area contributed by atoms with Gasteiger partial charge in [0.2, 0.25) is 0 Å². The van der Waals surface area contributed by atoms with Gasteiger partial charge in [0.15, 0.2) is 5.78 Å². The molecule has 2 rings (SSSR count). The number of ether oxygens (including phenoxy) is 2. The SMILES string of the molecule is CC(=O)O[C@@H]1CC[C@H]2O[C@@H]1CCC2=O. The summed E-state index contributed by atoms with van der Waals surface area (Å²) in [7, 11) is 0. The van der Waals surface area contributed by atoms with E-state index in [1.807, 2.05) is 0 Å². The fourth-order valence-corrected chi connectivity index (χ4v) is 2.15. The summed E-state index contributed by atoms with van der Waals surface area (Å²) in [4.78, 5) is 22.1. The second-order valence-electron chi connectivity index (χ2n) is 3.89. The highest BCUT2D eigenvalue weighted by Gasteiger charge is 2.39. The topological polar surface area (TPSA) is 52.6 Å². The van der Waals surface area contributed by atoms with E-state index < -0.39 is 0 Å². The van der Waals surface area contributed by atoms with Gasteiger partial charge in [-0.3, -0.25) is 9.59 Å². The van der Waals surface area contributed by atoms with E-state index in [1.54, 1.807) is 0 Å². The molecular formula is C10H14O4. The van der Waals surface area contributed by atoms with E-state index in [9.17, 15) is 9.59 Å². The van der Waals surface area contributed by atoms with Gasteiger partial charge in [0.1, 0.15) is 12.2 Å². The van der Waals surface area contributed by atoms with E-state index in [4.69, 9.17) is 9.47 Å². The van der Waals surface area contributed by atoms with Crippen molar-refractivity contribution in [1.82, 2.24) is 0 Å². The van der Waals surface area contributed by atoms with Crippen molar-refractivity contribution >= 4 is 11.8 Å². The zero-order valence-electron chi connectivity index (χ0n) is 8.19. The summed E-state index contributed by atoms with van der Waals surface area (Å²) in [6, 6.07) is 0. The summed E-state index contributed by atoms with van der Waals surface area (Å²) in [6.07, 6.45) is 2.25. The smallest absolute Gasteiger partial charge is 0.302 e. The maximum absolute atomic E-state index is 11.3. The Morgan fingerprint density at radius 1 is 1.43 bits per heavy atom. The number of carbonyl (C=O) groups is 2. The monoisotopic (exact) mass is 198 g/mol. The van der Waals surface area contributed by atoms with Crippen LogP contribution in [0.3, 0.4) is 0 Å². The van der Waals surface area contributed by atoms with Crippen molar-refractivity contribution in [2.24, 2.45) is 0 Å². The van der Waals surface area contributed by atoms with Gasteiger partial charge in [-0.1, -0.05) is 0 Å². The Bertz CT molecular complexity index is 261. The number of Topliss-reactive ketones (excluding diaryl/α,β-unsaturated/α-hetero) is 1. The van der Waals surface area contributed by atoms with Crippen LogP contribution in [0.5, 0.6) is 0 Å². The first-order valence-electron chi connectivity index (χ1n) is 5.02. The Balaban J connectivity index is 1.98. The fraction of sp³-hybridized carbons (Fsp3) is 0.800. The van der Waals surface area contributed by atoms with Crippen molar-refractivity contribution < 1.29 is 19.1 Å². The highest BCUT2D eigenvalue weighted by Crippen LogP contribution is 2.30. The van der Waals surface area contributed by atoms with Crippen LogP contribution in [-0.2, 0) is 19.1 Å². The molecule has 3 atom stereocenters. The van der Waals surface area contributed by atoms with Crippen LogP contribution in [0.4, 0.5) is 0 Å². The number of fused-ring (bicyclic) bond motifs is 2. The lowest BCUT2D eigenvalue weighted by molar-refractivity contribution is -0.181. The first kappa shape index (κ1) is 9.65. The second-order valence-corrected chi connectivity index (χ2v) is 3.89. The molecule has 2 bridgehead atoms. The minimum absolute atomic E-state index is 0.0599. The third-order valence-electron chi connectivity index (χ3n) is 2.82. The molecule has 0 aliphatic carbocycles. The lowest BCUT2D eigenvalue weighted by Gasteiger charge is -2.38. The summed E-state index contributed by atoms with van der Waals surface area (Å²) >= 11 is 0. The molecule has 14 heavy (non-hydrogen) atoms. The van der Waals surface area contributed by atoms with E-state index in [0.717, 1.165) is 6.42 Å². The summed E-state index contributed by atoms with van der Waals surface area (Å²) in [5, 5.41) is 0. The second kappa shape index (κ2) is 3.69. The van der Waals surface area contributed by atoms with Gasteiger partial charge in [0.25, 0.3) is 0 Å². The highest BCUT2D eigenvalue weighted by molar-refractivity contribution is 5.83. The highest BCUT2D eigenvalue weighted by atomic mass is 16.6. The molecule has 0 spiro atoms. The number of carbonyl (C=O) groups excluding carboxylic acids is 2. The van der Waals surface area contributed by atoms with Gasteiger partial charge in [-0.25, -0.2) is 0 Å². The number of ketones is 1. The van der Waals surface area contributed by atoms with Gasteiger partial charge < -0.3 is 9.47 Å². The lowest BCUT2D eigenvalue weighted by atomic mass is 9.89. The average molecular weight is 198 g/mol. The van der Waals surface area contributed by atoms with Gasteiger partial charge in [0.05, 0.1) is 6.10 Å². The average Bonchev–Trinajstić information content (AvgIpc) is 2.14. The minimum Gasteiger partial charge on any atom is -0.460 e. The Kier molecular flexibility index (Phi) is 2.54. The molecule has 0 radical (unpaired) electrons. The van der Waals surface area contributed by atoms with E-state index in [0.29, 0.717) is 19.3 Å². The molecule has 4 nitrogen and oxygen atoms in total. The quantitative estimate of drug-likeness (QED) is 0.585. The molecule has 0 unspecified atom stereocenters. The van der Waals surface area contributed by atoms with Gasteiger partial charge in [-0.2, -0.15) is 0 Å². The van der Waals surface area contributed by atoms with E-state index >= 15 is 0 Å². The van der Waals surface area contributed by atoms with Crippen molar-refractivity contribution in [2.45, 2.75) is 50.9 Å². The largest absolute Gasteiger partial charge is 0.460 e. The maximum Gasteiger partial charge on any atom is 0.302 e. The zero-order chi connectivity index (χ0) is 10.1. The third-order valence-corrected chi connectivity index (χ3v) is 2.82. The predicted molar refractivity (Wildman–Crippen MR) is 47.7 cm³/mol. The summed E-state index contributed by atoms with van der Waals surface area (Å²) in [5.41, 5.74) is 0. The van der Waals surface area contributed by atoms with Gasteiger partial charge in [-0.15, -0.1) is 0 Å². The molecule has 0 amide bonds. The predicted octanol–water partition coefficient (Wildman–Crippen LogP) is 0.829. The Labute approximate surface area is 82.6 Å². The fourth-order valence-electron chi connectivity index (χ4n) is 2.15. The number of rotatable bonds is 1. The molecular weight excluding hydrogens is 184 g/mol. The lowest BCUT2D eigenvalue weighted by Crippen LogP contribution is -2.47. The molecule has 2 heterocycles. The molecule has 0 N–H and O–H groups in total. The van der Waals surface area contributed by atoms with Crippen molar-refractivity contribution in [1.29, 1.82) is 0 Å². The number of esters is 1. The first-order valence-corrected chi connectivity index (χ1v) is 5.02. The zero-order valence-corrected chi connectivity index (χ0v) is 8.19. The molecule has 0 saturated carbocycles. The molecule has 0 aromatic rings. The van der Waals surface area contributed by atoms with Crippen LogP contribution in [0.1, 0.15) is 32.6 Å². The molecule has 78 valence electrons. The summed E-state index contributed by atoms with van der Waals surface area (Å²) in [5.74, 6) is -0.0727. The van der Waals surface area contributed by atoms with Crippen LogP contribution in [0.2, 0.25) is 0 Å². The molecule has 2 aliphatic rings. The third kappa shape index (κ3) is 1.80. The van der Waals surface area contributed by atoms with E-state index in [1.165, 1.54) is 6.92 Å². The Morgan fingerprint density at radius 2 is 2.21 bits per heavy atom. The van der Waals surface area contributed by atoms with Crippen LogP contribution < -0.4 is 0 Å². The minimum atomic E-state index is -0.269. The molecule has 2 saturated heterocycles. The molecule has 4 heteroatoms. The van der Waals surface area contributed by atoms with Gasteiger partial charge in [-0.05, 0) is 19.3 Å². The van der Waals surface area contributed by atoms with Crippen LogP contribution in [0.15, 0.2) is 0 Å². The van der Waals surface area contributed by atoms with E-state index in [2.05, 4.69) is 0 Å². The van der Waals surface area contributed by atoms with Gasteiger partial charge >= 0.3 is 5.97 Å². The summed E-state index contributed by atoms with van der Waals surface area (Å²) < 4.78 is 10.7.